The normalized spacial score (nSPS) is 10.6. The van der Waals surface area contributed by atoms with Crippen LogP contribution in [0, 0.1) is 0 Å². The molecule has 0 atom stereocenters. The van der Waals surface area contributed by atoms with Gasteiger partial charge in [0.05, 0.1) is 0 Å². The van der Waals surface area contributed by atoms with Crippen molar-refractivity contribution in [3.8, 4) is 0 Å². The van der Waals surface area contributed by atoms with Gasteiger partial charge in [-0.2, -0.15) is 0 Å². The molecule has 1 rings (SSSR count). The lowest BCUT2D eigenvalue weighted by Crippen LogP contribution is -1.99. The maximum absolute atomic E-state index is 5.42. The molecule has 0 bridgehead atoms. The fourth-order valence-corrected chi connectivity index (χ4v) is 2.00. The lowest BCUT2D eigenvalue weighted by Gasteiger charge is -1.90. The first kappa shape index (κ1) is 10.6. The van der Waals surface area contributed by atoms with Crippen molar-refractivity contribution in [3.63, 3.8) is 0 Å². The molecule has 0 amide bonds. The molecule has 0 saturated carbocycles. The zero-order chi connectivity index (χ0) is 9.52. The van der Waals surface area contributed by atoms with Gasteiger partial charge in [0.25, 0.3) is 0 Å². The molecule has 0 unspecified atom stereocenters. The summed E-state index contributed by atoms with van der Waals surface area (Å²) in [6.45, 7) is 2.93. The van der Waals surface area contributed by atoms with E-state index in [1.807, 2.05) is 0 Å². The predicted octanol–water partition coefficient (Wildman–Crippen LogP) is 1.77. The van der Waals surface area contributed by atoms with Crippen LogP contribution in [0.3, 0.4) is 0 Å². The third-order valence-corrected chi connectivity index (χ3v) is 2.89. The Hall–Kier alpha value is -0.480. The van der Waals surface area contributed by atoms with Crippen LogP contribution in [-0.2, 0) is 12.8 Å². The first-order chi connectivity index (χ1) is 6.36. The predicted molar refractivity (Wildman–Crippen MR) is 55.9 cm³/mol. The first-order valence-corrected chi connectivity index (χ1v) is 5.69. The number of nitrogens with two attached hydrogens (primary N) is 1. The van der Waals surface area contributed by atoms with Crippen LogP contribution in [-0.4, -0.2) is 16.7 Å². The third kappa shape index (κ3) is 3.83. The van der Waals surface area contributed by atoms with Gasteiger partial charge in [-0.3, -0.25) is 0 Å². The molecule has 0 aromatic carbocycles. The van der Waals surface area contributed by atoms with Gasteiger partial charge in [0.1, 0.15) is 10.0 Å². The van der Waals surface area contributed by atoms with Crippen LogP contribution >= 0.6 is 11.3 Å². The van der Waals surface area contributed by atoms with Gasteiger partial charge in [-0.05, 0) is 19.4 Å². The molecule has 0 spiro atoms. The number of rotatable bonds is 6. The van der Waals surface area contributed by atoms with Crippen molar-refractivity contribution in [2.45, 2.75) is 39.0 Å². The number of aromatic nitrogens is 2. The monoisotopic (exact) mass is 199 g/mol. The van der Waals surface area contributed by atoms with E-state index < -0.39 is 0 Å². The minimum atomic E-state index is 0.740. The topological polar surface area (TPSA) is 51.8 Å². The van der Waals surface area contributed by atoms with E-state index in [0.717, 1.165) is 30.8 Å². The molecule has 0 fully saturated rings. The number of hydrogen-bond acceptors (Lipinski definition) is 4. The van der Waals surface area contributed by atoms with E-state index in [4.69, 9.17) is 5.73 Å². The average Bonchev–Trinajstić information content (AvgIpc) is 2.59. The summed E-state index contributed by atoms with van der Waals surface area (Å²) in [6, 6.07) is 0. The Morgan fingerprint density at radius 2 is 1.77 bits per heavy atom. The molecule has 0 saturated heterocycles. The van der Waals surface area contributed by atoms with E-state index in [1.165, 1.54) is 17.8 Å². The summed E-state index contributed by atoms with van der Waals surface area (Å²) in [7, 11) is 0. The highest BCUT2D eigenvalue weighted by atomic mass is 32.1. The van der Waals surface area contributed by atoms with Gasteiger partial charge in [-0.15, -0.1) is 21.5 Å². The molecule has 2 N–H and O–H groups in total. The molecule has 1 aromatic heterocycles. The van der Waals surface area contributed by atoms with Gasteiger partial charge in [0.15, 0.2) is 0 Å². The van der Waals surface area contributed by atoms with Crippen molar-refractivity contribution in [1.82, 2.24) is 10.2 Å². The fraction of sp³-hybridized carbons (Fsp3) is 0.778. The molecular weight excluding hydrogens is 182 g/mol. The van der Waals surface area contributed by atoms with E-state index in [-0.39, 0.29) is 0 Å². The van der Waals surface area contributed by atoms with E-state index in [1.54, 1.807) is 11.3 Å². The Bertz CT molecular complexity index is 212. The largest absolute Gasteiger partial charge is 0.330 e. The summed E-state index contributed by atoms with van der Waals surface area (Å²) >= 11 is 1.74. The van der Waals surface area contributed by atoms with Gasteiger partial charge in [-0.1, -0.05) is 13.3 Å². The second-order valence-corrected chi connectivity index (χ2v) is 4.23. The lowest BCUT2D eigenvalue weighted by molar-refractivity contribution is 0.771. The van der Waals surface area contributed by atoms with Gasteiger partial charge >= 0.3 is 0 Å². The van der Waals surface area contributed by atoms with Crippen molar-refractivity contribution in [3.05, 3.63) is 10.0 Å². The Balaban J connectivity index is 2.34. The maximum Gasteiger partial charge on any atom is 0.117 e. The molecular formula is C9H17N3S. The molecule has 1 aromatic rings. The molecule has 0 aliphatic carbocycles. The smallest absolute Gasteiger partial charge is 0.117 e. The van der Waals surface area contributed by atoms with Crippen LogP contribution in [0.1, 0.15) is 36.2 Å². The van der Waals surface area contributed by atoms with Crippen molar-refractivity contribution >= 4 is 11.3 Å². The van der Waals surface area contributed by atoms with Crippen LogP contribution in [0.25, 0.3) is 0 Å². The minimum Gasteiger partial charge on any atom is -0.330 e. The molecule has 0 aliphatic rings. The second-order valence-electron chi connectivity index (χ2n) is 3.09. The molecule has 3 nitrogen and oxygen atoms in total. The summed E-state index contributed by atoms with van der Waals surface area (Å²) in [6.07, 6.45) is 5.52. The van der Waals surface area contributed by atoms with Crippen LogP contribution in [0.4, 0.5) is 0 Å². The summed E-state index contributed by atoms with van der Waals surface area (Å²) < 4.78 is 0. The standard InChI is InChI=1S/C9H17N3S/c1-2-3-5-8-11-12-9(13-8)6-4-7-10/h2-7,10H2,1H3. The second kappa shape index (κ2) is 6.05. The Morgan fingerprint density at radius 1 is 1.15 bits per heavy atom. The van der Waals surface area contributed by atoms with E-state index >= 15 is 0 Å². The minimum absolute atomic E-state index is 0.740. The van der Waals surface area contributed by atoms with Gasteiger partial charge in [0.2, 0.25) is 0 Å². The fourth-order valence-electron chi connectivity index (χ4n) is 1.07. The lowest BCUT2D eigenvalue weighted by atomic mass is 10.3. The van der Waals surface area contributed by atoms with Gasteiger partial charge in [-0.25, -0.2) is 0 Å². The molecule has 0 aliphatic heterocycles. The van der Waals surface area contributed by atoms with Crippen LogP contribution in [0.2, 0.25) is 0 Å². The van der Waals surface area contributed by atoms with Crippen molar-refractivity contribution < 1.29 is 0 Å². The average molecular weight is 199 g/mol. The van der Waals surface area contributed by atoms with Crippen LogP contribution < -0.4 is 5.73 Å². The van der Waals surface area contributed by atoms with E-state index in [0.29, 0.717) is 0 Å². The third-order valence-electron chi connectivity index (χ3n) is 1.85. The molecule has 74 valence electrons. The van der Waals surface area contributed by atoms with Crippen molar-refractivity contribution in [2.24, 2.45) is 5.73 Å². The highest BCUT2D eigenvalue weighted by molar-refractivity contribution is 7.11. The number of unbranched alkanes of at least 4 members (excludes halogenated alkanes) is 1. The highest BCUT2D eigenvalue weighted by Crippen LogP contribution is 2.13. The van der Waals surface area contributed by atoms with Gasteiger partial charge < -0.3 is 5.73 Å². The first-order valence-electron chi connectivity index (χ1n) is 4.88. The Morgan fingerprint density at radius 3 is 2.31 bits per heavy atom. The molecule has 4 heteroatoms. The molecule has 0 radical (unpaired) electrons. The van der Waals surface area contributed by atoms with Crippen LogP contribution in [0.5, 0.6) is 0 Å². The maximum atomic E-state index is 5.42. The highest BCUT2D eigenvalue weighted by Gasteiger charge is 2.02. The summed E-state index contributed by atoms with van der Waals surface area (Å²) in [4.78, 5) is 0. The summed E-state index contributed by atoms with van der Waals surface area (Å²) in [5.41, 5.74) is 5.42. The van der Waals surface area contributed by atoms with Gasteiger partial charge in [0, 0.05) is 12.8 Å². The number of nitrogens with zero attached hydrogens (tertiary/aromatic N) is 2. The number of aryl methyl sites for hydroxylation is 2. The SMILES string of the molecule is CCCCc1nnc(CCCN)s1. The van der Waals surface area contributed by atoms with E-state index in [2.05, 4.69) is 17.1 Å². The zero-order valence-corrected chi connectivity index (χ0v) is 8.94. The summed E-state index contributed by atoms with van der Waals surface area (Å²) in [5, 5.41) is 10.6. The Kier molecular flexibility index (Phi) is 4.93. The molecule has 1 heterocycles. The number of hydrogen-bond donors (Lipinski definition) is 1. The van der Waals surface area contributed by atoms with Crippen molar-refractivity contribution in [1.29, 1.82) is 0 Å². The van der Waals surface area contributed by atoms with Crippen molar-refractivity contribution in [2.75, 3.05) is 6.54 Å². The molecule has 13 heavy (non-hydrogen) atoms. The quantitative estimate of drug-likeness (QED) is 0.759. The summed E-state index contributed by atoms with van der Waals surface area (Å²) in [5.74, 6) is 0. The van der Waals surface area contributed by atoms with E-state index in [9.17, 15) is 0 Å². The zero-order valence-electron chi connectivity index (χ0n) is 8.12. The van der Waals surface area contributed by atoms with Crippen LogP contribution in [0.15, 0.2) is 0 Å². The Labute approximate surface area is 83.4 Å².